The van der Waals surface area contributed by atoms with Crippen LogP contribution in [-0.2, 0) is 14.8 Å². The summed E-state index contributed by atoms with van der Waals surface area (Å²) in [6.45, 7) is 4.03. The van der Waals surface area contributed by atoms with Crippen molar-refractivity contribution in [3.05, 3.63) is 17.0 Å². The summed E-state index contributed by atoms with van der Waals surface area (Å²) >= 11 is 0. The zero-order chi connectivity index (χ0) is 15.7. The molecule has 20 heavy (non-hydrogen) atoms. The smallest absolute Gasteiger partial charge is 0.352 e. The van der Waals surface area contributed by atoms with Crippen LogP contribution in [0.2, 0.25) is 0 Å². The lowest BCUT2D eigenvalue weighted by atomic mass is 10.2. The lowest BCUT2D eigenvalue weighted by Crippen LogP contribution is -2.38. The van der Waals surface area contributed by atoms with Crippen molar-refractivity contribution in [3.63, 3.8) is 0 Å². The molecule has 0 unspecified atom stereocenters. The van der Waals surface area contributed by atoms with Crippen molar-refractivity contribution in [1.82, 2.24) is 9.29 Å². The van der Waals surface area contributed by atoms with E-state index in [-0.39, 0.29) is 28.4 Å². The number of hydrogen-bond donors (Lipinski definition) is 3. The van der Waals surface area contributed by atoms with Gasteiger partial charge in [-0.1, -0.05) is 6.92 Å². The molecule has 0 aliphatic carbocycles. The molecule has 9 heteroatoms. The predicted molar refractivity (Wildman–Crippen MR) is 70.9 cm³/mol. The summed E-state index contributed by atoms with van der Waals surface area (Å²) in [5.74, 6) is -2.02. The Morgan fingerprint density at radius 3 is 2.25 bits per heavy atom. The van der Waals surface area contributed by atoms with Crippen LogP contribution in [0.1, 0.15) is 28.7 Å². The molecule has 1 heterocycles. The second-order valence-corrected chi connectivity index (χ2v) is 6.16. The van der Waals surface area contributed by atoms with Gasteiger partial charge in [-0.15, -0.1) is 0 Å². The van der Waals surface area contributed by atoms with E-state index in [0.717, 1.165) is 4.31 Å². The first kappa shape index (κ1) is 16.2. The summed E-state index contributed by atoms with van der Waals surface area (Å²) in [6, 6.07) is 0. The molecule has 1 aromatic heterocycles. The number of amides is 1. The first-order valence-corrected chi connectivity index (χ1v) is 7.27. The van der Waals surface area contributed by atoms with Crippen molar-refractivity contribution < 1.29 is 23.1 Å². The largest absolute Gasteiger partial charge is 0.477 e. The lowest BCUT2D eigenvalue weighted by molar-refractivity contribution is -0.118. The molecule has 0 radical (unpaired) electrons. The van der Waals surface area contributed by atoms with Crippen LogP contribution < -0.4 is 5.73 Å². The maximum absolute atomic E-state index is 12.5. The number of H-pyrrole nitrogens is 1. The topological polar surface area (TPSA) is 134 Å². The second-order valence-electron chi connectivity index (χ2n) is 4.28. The quantitative estimate of drug-likeness (QED) is 0.670. The molecule has 0 saturated carbocycles. The monoisotopic (exact) mass is 303 g/mol. The minimum atomic E-state index is -3.98. The molecule has 4 N–H and O–H groups in total. The number of nitrogens with zero attached hydrogens (tertiary/aromatic N) is 1. The van der Waals surface area contributed by atoms with Crippen molar-refractivity contribution in [3.8, 4) is 0 Å². The summed E-state index contributed by atoms with van der Waals surface area (Å²) in [7, 11) is -3.98. The summed E-state index contributed by atoms with van der Waals surface area (Å²) in [6.07, 6.45) is 0. The van der Waals surface area contributed by atoms with E-state index in [9.17, 15) is 18.0 Å². The first-order valence-electron chi connectivity index (χ1n) is 5.83. The van der Waals surface area contributed by atoms with Gasteiger partial charge < -0.3 is 15.8 Å². The minimum absolute atomic E-state index is 0.0533. The second kappa shape index (κ2) is 5.63. The van der Waals surface area contributed by atoms with Gasteiger partial charge in [-0.05, 0) is 13.8 Å². The Morgan fingerprint density at radius 2 is 1.90 bits per heavy atom. The Morgan fingerprint density at radius 1 is 1.35 bits per heavy atom. The Kier molecular flexibility index (Phi) is 4.56. The fourth-order valence-electron chi connectivity index (χ4n) is 2.00. The van der Waals surface area contributed by atoms with E-state index in [1.807, 2.05) is 0 Å². The standard InChI is InChI=1S/C11H17N3O5S/c1-4-14(5-8(12)15)20(18,19)10-6(2)9(11(16)17)13-7(10)3/h13H,4-5H2,1-3H3,(H2,12,15)(H,16,17). The number of sulfonamides is 1. The Hall–Kier alpha value is -1.87. The fourth-order valence-corrected chi connectivity index (χ4v) is 3.83. The van der Waals surface area contributed by atoms with Gasteiger partial charge in [-0.25, -0.2) is 13.2 Å². The van der Waals surface area contributed by atoms with Gasteiger partial charge in [0.25, 0.3) is 0 Å². The Labute approximate surface area is 116 Å². The molecule has 0 aromatic carbocycles. The third-order valence-corrected chi connectivity index (χ3v) is 5.06. The summed E-state index contributed by atoms with van der Waals surface area (Å²) in [4.78, 5) is 24.4. The first-order chi connectivity index (χ1) is 9.12. The summed E-state index contributed by atoms with van der Waals surface area (Å²) in [5, 5.41) is 9.00. The minimum Gasteiger partial charge on any atom is -0.477 e. The maximum Gasteiger partial charge on any atom is 0.352 e. The van der Waals surface area contributed by atoms with Crippen LogP contribution in [-0.4, -0.2) is 47.8 Å². The van der Waals surface area contributed by atoms with Gasteiger partial charge >= 0.3 is 5.97 Å². The van der Waals surface area contributed by atoms with Gasteiger partial charge in [-0.2, -0.15) is 4.31 Å². The van der Waals surface area contributed by atoms with Crippen LogP contribution >= 0.6 is 0 Å². The molecule has 0 spiro atoms. The molecule has 0 bridgehead atoms. The Bertz CT molecular complexity index is 647. The van der Waals surface area contributed by atoms with Gasteiger partial charge in [0.05, 0.1) is 6.54 Å². The SMILES string of the molecule is CCN(CC(N)=O)S(=O)(=O)c1c(C)[nH]c(C(=O)O)c1C. The number of carboxylic acids is 1. The number of primary amides is 1. The van der Waals surface area contributed by atoms with Crippen LogP contribution in [0.5, 0.6) is 0 Å². The third-order valence-electron chi connectivity index (χ3n) is 2.87. The highest BCUT2D eigenvalue weighted by molar-refractivity contribution is 7.89. The van der Waals surface area contributed by atoms with Gasteiger partial charge in [0.2, 0.25) is 15.9 Å². The van der Waals surface area contributed by atoms with E-state index in [0.29, 0.717) is 0 Å². The van der Waals surface area contributed by atoms with Gasteiger partial charge in [0.15, 0.2) is 0 Å². The molecule has 0 aliphatic heterocycles. The molecule has 1 aromatic rings. The third kappa shape index (κ3) is 2.83. The number of nitrogens with two attached hydrogens (primary N) is 1. The average molecular weight is 303 g/mol. The molecule has 0 saturated heterocycles. The number of nitrogens with one attached hydrogen (secondary N) is 1. The molecule has 0 fully saturated rings. The van der Waals surface area contributed by atoms with Gasteiger partial charge in [-0.3, -0.25) is 4.79 Å². The highest BCUT2D eigenvalue weighted by atomic mass is 32.2. The molecule has 112 valence electrons. The predicted octanol–water partition coefficient (Wildman–Crippen LogP) is -0.174. The molecular formula is C11H17N3O5S. The summed E-state index contributed by atoms with van der Waals surface area (Å²) < 4.78 is 25.9. The van der Waals surface area contributed by atoms with Crippen molar-refractivity contribution in [2.45, 2.75) is 25.7 Å². The van der Waals surface area contributed by atoms with E-state index in [4.69, 9.17) is 10.8 Å². The highest BCUT2D eigenvalue weighted by Gasteiger charge is 2.31. The van der Waals surface area contributed by atoms with E-state index < -0.39 is 28.4 Å². The zero-order valence-corrected chi connectivity index (χ0v) is 12.2. The maximum atomic E-state index is 12.5. The van der Waals surface area contributed by atoms with E-state index in [1.54, 1.807) is 6.92 Å². The van der Waals surface area contributed by atoms with Crippen LogP contribution in [0.25, 0.3) is 0 Å². The fraction of sp³-hybridized carbons (Fsp3) is 0.455. The van der Waals surface area contributed by atoms with Gasteiger partial charge in [0, 0.05) is 17.8 Å². The van der Waals surface area contributed by atoms with Crippen LogP contribution in [0.4, 0.5) is 0 Å². The number of hydrogen-bond acceptors (Lipinski definition) is 4. The number of rotatable bonds is 6. The molecule has 1 amide bonds. The lowest BCUT2D eigenvalue weighted by Gasteiger charge is -2.19. The molecule has 0 atom stereocenters. The van der Waals surface area contributed by atoms with Crippen molar-refractivity contribution >= 4 is 21.9 Å². The molecular weight excluding hydrogens is 286 g/mol. The number of carboxylic acid groups (broad SMARTS) is 1. The average Bonchev–Trinajstić information content (AvgIpc) is 2.61. The van der Waals surface area contributed by atoms with Crippen molar-refractivity contribution in [2.75, 3.05) is 13.1 Å². The number of aromatic carboxylic acids is 1. The van der Waals surface area contributed by atoms with E-state index >= 15 is 0 Å². The number of carbonyl (C=O) groups excluding carboxylic acids is 1. The number of aromatic amines is 1. The summed E-state index contributed by atoms with van der Waals surface area (Å²) in [5.41, 5.74) is 5.16. The van der Waals surface area contributed by atoms with E-state index in [1.165, 1.54) is 13.8 Å². The van der Waals surface area contributed by atoms with E-state index in [2.05, 4.69) is 4.98 Å². The zero-order valence-electron chi connectivity index (χ0n) is 11.4. The van der Waals surface area contributed by atoms with Crippen molar-refractivity contribution in [1.29, 1.82) is 0 Å². The molecule has 0 aliphatic rings. The Balaban J connectivity index is 3.42. The van der Waals surface area contributed by atoms with Gasteiger partial charge in [0.1, 0.15) is 10.6 Å². The number of aromatic nitrogens is 1. The highest BCUT2D eigenvalue weighted by Crippen LogP contribution is 2.26. The number of aryl methyl sites for hydroxylation is 1. The van der Waals surface area contributed by atoms with Crippen LogP contribution in [0.3, 0.4) is 0 Å². The number of likely N-dealkylation sites (N-methyl/N-ethyl adjacent to an activating group) is 1. The van der Waals surface area contributed by atoms with Crippen molar-refractivity contribution in [2.24, 2.45) is 5.73 Å². The molecule has 1 rings (SSSR count). The molecule has 8 nitrogen and oxygen atoms in total. The number of carbonyl (C=O) groups is 2. The van der Waals surface area contributed by atoms with Crippen LogP contribution in [0.15, 0.2) is 4.90 Å². The normalized spacial score (nSPS) is 11.8. The van der Waals surface area contributed by atoms with Crippen LogP contribution in [0, 0.1) is 13.8 Å².